The molecule has 44 heavy (non-hydrogen) atoms. The summed E-state index contributed by atoms with van der Waals surface area (Å²) in [4.78, 5) is 50.1. The number of nitrogens with zero attached hydrogens (tertiary/aromatic N) is 3. The van der Waals surface area contributed by atoms with Crippen LogP contribution in [0.4, 0.5) is 24.7 Å². The van der Waals surface area contributed by atoms with Gasteiger partial charge in [-0.3, -0.25) is 14.4 Å². The summed E-state index contributed by atoms with van der Waals surface area (Å²) >= 11 is 0. The Morgan fingerprint density at radius 2 is 1.84 bits per heavy atom. The zero-order valence-corrected chi connectivity index (χ0v) is 25.6. The molecule has 1 aliphatic rings. The number of aromatic nitrogens is 2. The van der Waals surface area contributed by atoms with Gasteiger partial charge in [-0.15, -0.1) is 0 Å². The van der Waals surface area contributed by atoms with E-state index in [0.29, 0.717) is 41.6 Å². The number of likely N-dealkylation sites (tertiary alicyclic amines) is 1. The summed E-state index contributed by atoms with van der Waals surface area (Å²) in [7, 11) is 3.10. The maximum atomic E-state index is 14.4. The Bertz CT molecular complexity index is 1580. The Balaban J connectivity index is 1.62. The van der Waals surface area contributed by atoms with Crippen LogP contribution in [0.5, 0.6) is 5.75 Å². The van der Waals surface area contributed by atoms with Crippen molar-refractivity contribution in [1.29, 1.82) is 0 Å². The number of Topliss-reactive ketones (excluding diaryl/α,β-unsaturated/α-hetero) is 1. The molecule has 13 heteroatoms. The van der Waals surface area contributed by atoms with E-state index < -0.39 is 41.0 Å². The van der Waals surface area contributed by atoms with Crippen LogP contribution in [-0.2, 0) is 20.8 Å². The van der Waals surface area contributed by atoms with Gasteiger partial charge in [-0.2, -0.15) is 0 Å². The van der Waals surface area contributed by atoms with E-state index in [2.05, 4.69) is 25.9 Å². The van der Waals surface area contributed by atoms with Gasteiger partial charge >= 0.3 is 0 Å². The van der Waals surface area contributed by atoms with Crippen LogP contribution >= 0.6 is 0 Å². The third kappa shape index (κ3) is 6.77. The fraction of sp³-hybridized carbons (Fsp3) is 0.452. The second-order valence-electron chi connectivity index (χ2n) is 11.9. The molecule has 2 aromatic carbocycles. The van der Waals surface area contributed by atoms with E-state index in [4.69, 9.17) is 4.74 Å². The minimum atomic E-state index is -1.62. The van der Waals surface area contributed by atoms with Gasteiger partial charge in [-0.1, -0.05) is 20.8 Å². The first-order valence-corrected chi connectivity index (χ1v) is 14.3. The number of carbonyl (C=O) groups excluding carboxylic acids is 3. The number of benzene rings is 2. The van der Waals surface area contributed by atoms with Crippen LogP contribution in [0.25, 0.3) is 10.9 Å². The highest BCUT2D eigenvalue weighted by Crippen LogP contribution is 2.33. The van der Waals surface area contributed by atoms with Gasteiger partial charge in [0.05, 0.1) is 30.4 Å². The van der Waals surface area contributed by atoms with E-state index in [1.807, 2.05) is 20.8 Å². The fourth-order valence-electron chi connectivity index (χ4n) is 5.19. The van der Waals surface area contributed by atoms with Gasteiger partial charge in [0, 0.05) is 30.0 Å². The minimum Gasteiger partial charge on any atom is -0.496 e. The van der Waals surface area contributed by atoms with E-state index >= 15 is 0 Å². The number of amides is 2. The van der Waals surface area contributed by atoms with Gasteiger partial charge in [-0.05, 0) is 50.4 Å². The fourth-order valence-corrected chi connectivity index (χ4v) is 5.19. The summed E-state index contributed by atoms with van der Waals surface area (Å²) in [5, 5.41) is 8.78. The van der Waals surface area contributed by atoms with Crippen molar-refractivity contribution >= 4 is 40.0 Å². The van der Waals surface area contributed by atoms with E-state index in [1.54, 1.807) is 26.1 Å². The van der Waals surface area contributed by atoms with Gasteiger partial charge in [0.1, 0.15) is 23.9 Å². The number of halogens is 3. The minimum absolute atomic E-state index is 0.105. The number of methoxy groups -OCH3 is 1. The Morgan fingerprint density at radius 3 is 2.50 bits per heavy atom. The first kappa shape index (κ1) is 32.6. The maximum Gasteiger partial charge on any atom is 0.246 e. The van der Waals surface area contributed by atoms with Crippen molar-refractivity contribution in [2.45, 2.75) is 65.1 Å². The monoisotopic (exact) mass is 614 g/mol. The summed E-state index contributed by atoms with van der Waals surface area (Å²) in [6, 6.07) is 2.98. The van der Waals surface area contributed by atoms with Crippen molar-refractivity contribution in [1.82, 2.24) is 25.5 Å². The molecule has 0 radical (unpaired) electrons. The standard InChI is InChI=1S/C31H37F3N6O4/c1-16(35-5)29(42)39-27(31(2,3)4)30(43)40-11-7-8-22(40)23(41)13-17-12-18-21(14-24(17)44-6)36-15-37-28(18)38-20-10-9-19(32)25(33)26(20)34/h9-10,12,14-16,22,27,35H,7-8,11,13H2,1-6H3,(H,39,42)(H,36,37,38)/t16-,22-,27+/m0/s1. The third-order valence-corrected chi connectivity index (χ3v) is 7.82. The molecule has 236 valence electrons. The molecule has 4 rings (SSSR count). The molecule has 0 saturated carbocycles. The van der Waals surface area contributed by atoms with Crippen molar-refractivity contribution in [2.75, 3.05) is 26.0 Å². The largest absolute Gasteiger partial charge is 0.496 e. The second kappa shape index (κ2) is 13.2. The summed E-state index contributed by atoms with van der Waals surface area (Å²) in [5.74, 6) is -4.76. The number of anilines is 2. The number of fused-ring (bicyclic) bond motifs is 1. The molecule has 1 fully saturated rings. The molecule has 1 aliphatic heterocycles. The van der Waals surface area contributed by atoms with E-state index in [0.717, 1.165) is 12.1 Å². The van der Waals surface area contributed by atoms with Crippen molar-refractivity contribution in [2.24, 2.45) is 5.41 Å². The number of hydrogen-bond acceptors (Lipinski definition) is 8. The van der Waals surface area contributed by atoms with Crippen LogP contribution in [0.3, 0.4) is 0 Å². The van der Waals surface area contributed by atoms with Crippen molar-refractivity contribution in [3.63, 3.8) is 0 Å². The SMILES string of the molecule is CN[C@@H](C)C(=O)N[C@H](C(=O)N1CCC[C@H]1C(=O)Cc1cc2c(Nc3ccc(F)c(F)c3F)ncnc2cc1OC)C(C)(C)C. The van der Waals surface area contributed by atoms with Gasteiger partial charge in [0.25, 0.3) is 0 Å². The highest BCUT2D eigenvalue weighted by atomic mass is 19.2. The molecule has 0 aliphatic carbocycles. The third-order valence-electron chi connectivity index (χ3n) is 7.82. The second-order valence-corrected chi connectivity index (χ2v) is 11.9. The number of hydrogen-bond donors (Lipinski definition) is 3. The van der Waals surface area contributed by atoms with Gasteiger partial charge < -0.3 is 25.6 Å². The Labute approximate surface area is 253 Å². The first-order chi connectivity index (χ1) is 20.8. The average Bonchev–Trinajstić information content (AvgIpc) is 3.49. The lowest BCUT2D eigenvalue weighted by Gasteiger charge is -2.36. The topological polar surface area (TPSA) is 126 Å². The van der Waals surface area contributed by atoms with E-state index in [9.17, 15) is 27.6 Å². The molecule has 0 bridgehead atoms. The Kier molecular flexibility index (Phi) is 9.77. The summed E-state index contributed by atoms with van der Waals surface area (Å²) in [6.07, 6.45) is 2.20. The average molecular weight is 615 g/mol. The van der Waals surface area contributed by atoms with Gasteiger partial charge in [-0.25, -0.2) is 23.1 Å². The van der Waals surface area contributed by atoms with Crippen molar-refractivity contribution < 1.29 is 32.3 Å². The van der Waals surface area contributed by atoms with Crippen LogP contribution in [0, 0.1) is 22.9 Å². The number of nitrogens with one attached hydrogen (secondary N) is 3. The number of likely N-dealkylation sites (N-methyl/N-ethyl adjacent to an activating group) is 1. The molecule has 1 saturated heterocycles. The molecular weight excluding hydrogens is 577 g/mol. The predicted octanol–water partition coefficient (Wildman–Crippen LogP) is 4.04. The molecule has 2 amide bonds. The molecular formula is C31H37F3N6O4. The molecule has 3 atom stereocenters. The zero-order chi connectivity index (χ0) is 32.3. The van der Waals surface area contributed by atoms with Crippen LogP contribution in [0.1, 0.15) is 46.1 Å². The molecule has 0 unspecified atom stereocenters. The van der Waals surface area contributed by atoms with Crippen LogP contribution in [0.2, 0.25) is 0 Å². The lowest BCUT2D eigenvalue weighted by molar-refractivity contribution is -0.143. The quantitative estimate of drug-likeness (QED) is 0.292. The smallest absolute Gasteiger partial charge is 0.246 e. The number of ketones is 1. The molecule has 2 heterocycles. The molecule has 1 aromatic heterocycles. The zero-order valence-electron chi connectivity index (χ0n) is 25.6. The predicted molar refractivity (Wildman–Crippen MR) is 159 cm³/mol. The molecule has 3 aromatic rings. The van der Waals surface area contributed by atoms with Gasteiger partial charge in [0.2, 0.25) is 11.8 Å². The molecule has 10 nitrogen and oxygen atoms in total. The van der Waals surface area contributed by atoms with Crippen molar-refractivity contribution in [3.8, 4) is 5.75 Å². The number of rotatable bonds is 10. The lowest BCUT2D eigenvalue weighted by atomic mass is 9.85. The van der Waals surface area contributed by atoms with Gasteiger partial charge in [0.15, 0.2) is 23.2 Å². The highest BCUT2D eigenvalue weighted by molar-refractivity contribution is 5.97. The summed E-state index contributed by atoms with van der Waals surface area (Å²) < 4.78 is 47.3. The number of ether oxygens (including phenoxy) is 1. The normalized spacial score (nSPS) is 16.5. The Hall–Kier alpha value is -4.26. The lowest BCUT2D eigenvalue weighted by Crippen LogP contribution is -2.58. The number of carbonyl (C=O) groups is 3. The Morgan fingerprint density at radius 1 is 1.11 bits per heavy atom. The van der Waals surface area contributed by atoms with E-state index in [-0.39, 0.29) is 35.5 Å². The molecule has 0 spiro atoms. The molecule has 3 N–H and O–H groups in total. The summed E-state index contributed by atoms with van der Waals surface area (Å²) in [5.41, 5.74) is -0.0804. The van der Waals surface area contributed by atoms with Crippen molar-refractivity contribution in [3.05, 3.63) is 53.6 Å². The summed E-state index contributed by atoms with van der Waals surface area (Å²) in [6.45, 7) is 7.63. The maximum absolute atomic E-state index is 14.4. The van der Waals surface area contributed by atoms with Crippen LogP contribution in [0.15, 0.2) is 30.6 Å². The first-order valence-electron chi connectivity index (χ1n) is 14.3. The van der Waals surface area contributed by atoms with Crippen LogP contribution in [-0.4, -0.2) is 71.3 Å². The highest BCUT2D eigenvalue weighted by Gasteiger charge is 2.42. The van der Waals surface area contributed by atoms with E-state index in [1.165, 1.54) is 18.3 Å². The van der Waals surface area contributed by atoms with Crippen LogP contribution < -0.4 is 20.7 Å².